The Morgan fingerprint density at radius 3 is 2.67 bits per heavy atom. The third kappa shape index (κ3) is 3.21. The molecule has 3 N–H and O–H groups in total. The average Bonchev–Trinajstić information content (AvgIpc) is 3.46. The van der Waals surface area contributed by atoms with Crippen LogP contribution < -0.4 is 10.5 Å². The Bertz CT molecular complexity index is 1460. The topological polar surface area (TPSA) is 144 Å². The number of fused-ring (bicyclic) bond motifs is 1. The van der Waals surface area contributed by atoms with Crippen LogP contribution in [0.15, 0.2) is 76.5 Å². The molecular weight excluding hydrogens is 422 g/mol. The Balaban J connectivity index is 1.66. The van der Waals surface area contributed by atoms with E-state index in [9.17, 15) is 15.4 Å². The zero-order chi connectivity index (χ0) is 23.1. The first-order valence-corrected chi connectivity index (χ1v) is 10.0. The lowest BCUT2D eigenvalue weighted by molar-refractivity contribution is -0.385. The van der Waals surface area contributed by atoms with E-state index in [1.54, 1.807) is 31.2 Å². The molecule has 9 nitrogen and oxygen atoms in total. The van der Waals surface area contributed by atoms with Gasteiger partial charge in [0.15, 0.2) is 0 Å². The molecule has 0 aliphatic carbocycles. The molecule has 2 aromatic heterocycles. The van der Waals surface area contributed by atoms with E-state index in [1.807, 2.05) is 30.3 Å². The van der Waals surface area contributed by atoms with E-state index in [-0.39, 0.29) is 23.0 Å². The number of nitro benzene ring substituents is 1. The van der Waals surface area contributed by atoms with E-state index in [0.717, 1.165) is 5.56 Å². The zero-order valence-electron chi connectivity index (χ0n) is 17.4. The van der Waals surface area contributed by atoms with Crippen LogP contribution in [0.25, 0.3) is 22.6 Å². The molecule has 0 bridgehead atoms. The van der Waals surface area contributed by atoms with Crippen molar-refractivity contribution in [3.05, 3.63) is 99.1 Å². The van der Waals surface area contributed by atoms with Gasteiger partial charge in [-0.1, -0.05) is 42.5 Å². The van der Waals surface area contributed by atoms with Crippen molar-refractivity contribution >= 4 is 5.69 Å². The van der Waals surface area contributed by atoms with E-state index in [0.29, 0.717) is 33.9 Å². The van der Waals surface area contributed by atoms with Crippen LogP contribution in [0.1, 0.15) is 22.8 Å². The number of benzene rings is 2. The fraction of sp³-hybridized carbons (Fsp3) is 0.0833. The molecule has 1 aliphatic heterocycles. The molecule has 0 spiro atoms. The normalized spacial score (nSPS) is 15.0. The number of nitrogens with one attached hydrogen (secondary N) is 1. The number of allylic oxidation sites excluding steroid dienone is 1. The first kappa shape index (κ1) is 20.1. The van der Waals surface area contributed by atoms with Crippen molar-refractivity contribution < 1.29 is 14.1 Å². The maximum atomic E-state index is 11.4. The van der Waals surface area contributed by atoms with Gasteiger partial charge in [0, 0.05) is 17.2 Å². The van der Waals surface area contributed by atoms with E-state index in [2.05, 4.69) is 16.3 Å². The number of hydrogen-bond donors (Lipinski definition) is 2. The monoisotopic (exact) mass is 439 g/mol. The van der Waals surface area contributed by atoms with Crippen molar-refractivity contribution in [3.63, 3.8) is 0 Å². The van der Waals surface area contributed by atoms with Gasteiger partial charge in [0.05, 0.1) is 22.1 Å². The molecule has 2 aromatic carbocycles. The van der Waals surface area contributed by atoms with Gasteiger partial charge in [-0.15, -0.1) is 5.10 Å². The van der Waals surface area contributed by atoms with Gasteiger partial charge in [-0.05, 0) is 24.6 Å². The Hall–Kier alpha value is -4.84. The van der Waals surface area contributed by atoms with Crippen molar-refractivity contribution in [2.24, 2.45) is 5.73 Å². The van der Waals surface area contributed by atoms with Gasteiger partial charge in [-0.2, -0.15) is 5.26 Å². The Labute approximate surface area is 187 Å². The second-order valence-corrected chi connectivity index (χ2v) is 7.52. The predicted molar refractivity (Wildman–Crippen MR) is 119 cm³/mol. The predicted octanol–water partition coefficient (Wildman–Crippen LogP) is 4.77. The van der Waals surface area contributed by atoms with Crippen molar-refractivity contribution in [1.29, 1.82) is 5.26 Å². The first-order chi connectivity index (χ1) is 16.0. The summed E-state index contributed by atoms with van der Waals surface area (Å²) in [4.78, 5) is 10.9. The van der Waals surface area contributed by atoms with Crippen molar-refractivity contribution in [1.82, 2.24) is 10.2 Å². The number of nitro groups is 1. The molecule has 0 radical (unpaired) electrons. The highest BCUT2D eigenvalue weighted by atomic mass is 16.6. The molecule has 0 fully saturated rings. The summed E-state index contributed by atoms with van der Waals surface area (Å²) in [6, 6.07) is 19.9. The number of nitrogens with two attached hydrogens (primary N) is 1. The molecule has 4 aromatic rings. The molecule has 3 heterocycles. The average molecular weight is 439 g/mol. The van der Waals surface area contributed by atoms with Gasteiger partial charge >= 0.3 is 0 Å². The Morgan fingerprint density at radius 2 is 1.94 bits per heavy atom. The zero-order valence-corrected chi connectivity index (χ0v) is 17.4. The SMILES string of the molecule is Cc1c(-c2ccc(C3C(C#N)=C(N)Oc4n[nH]c(-c5ccccc5)c43)o2)cccc1[N+](=O)[O-]. The summed E-state index contributed by atoms with van der Waals surface area (Å²) in [7, 11) is 0. The molecule has 1 atom stereocenters. The summed E-state index contributed by atoms with van der Waals surface area (Å²) < 4.78 is 11.8. The van der Waals surface area contributed by atoms with E-state index < -0.39 is 10.8 Å². The number of nitrogens with zero attached hydrogens (tertiary/aromatic N) is 3. The van der Waals surface area contributed by atoms with Crippen molar-refractivity contribution in [2.75, 3.05) is 0 Å². The van der Waals surface area contributed by atoms with Crippen LogP contribution in [0, 0.1) is 28.4 Å². The number of rotatable bonds is 4. The lowest BCUT2D eigenvalue weighted by Gasteiger charge is -2.22. The van der Waals surface area contributed by atoms with E-state index in [1.165, 1.54) is 6.07 Å². The van der Waals surface area contributed by atoms with Crippen LogP contribution in [0.5, 0.6) is 5.88 Å². The highest BCUT2D eigenvalue weighted by molar-refractivity contribution is 5.71. The summed E-state index contributed by atoms with van der Waals surface area (Å²) in [5, 5.41) is 28.5. The third-order valence-electron chi connectivity index (χ3n) is 5.68. The fourth-order valence-electron chi connectivity index (χ4n) is 4.10. The standard InChI is InChI=1S/C24H17N5O4/c1-13-15(8-5-9-17(13)29(30)31)18-10-11-19(32-18)20-16(12-25)23(26)33-24-21(20)22(27-28-24)14-6-3-2-4-7-14/h2-11,20H,26H2,1H3,(H,27,28). The molecular formula is C24H17N5O4. The third-order valence-corrected chi connectivity index (χ3v) is 5.68. The molecule has 1 aliphatic rings. The molecule has 0 saturated heterocycles. The van der Waals surface area contributed by atoms with Crippen LogP contribution in [-0.2, 0) is 0 Å². The quantitative estimate of drug-likeness (QED) is 0.344. The van der Waals surface area contributed by atoms with E-state index in [4.69, 9.17) is 14.9 Å². The number of aromatic nitrogens is 2. The maximum Gasteiger partial charge on any atom is 0.273 e. The number of H-pyrrole nitrogens is 1. The Kier molecular flexibility index (Phi) is 4.68. The van der Waals surface area contributed by atoms with Crippen molar-refractivity contribution in [3.8, 4) is 34.5 Å². The molecule has 162 valence electrons. The van der Waals surface area contributed by atoms with Crippen LogP contribution in [0.4, 0.5) is 5.69 Å². The lowest BCUT2D eigenvalue weighted by Crippen LogP contribution is -2.20. The smallest absolute Gasteiger partial charge is 0.273 e. The van der Waals surface area contributed by atoms with Crippen LogP contribution in [-0.4, -0.2) is 15.1 Å². The second-order valence-electron chi connectivity index (χ2n) is 7.52. The Morgan fingerprint density at radius 1 is 1.15 bits per heavy atom. The second kappa shape index (κ2) is 7.69. The molecule has 33 heavy (non-hydrogen) atoms. The number of ether oxygens (including phenoxy) is 1. The van der Waals surface area contributed by atoms with Gasteiger partial charge < -0.3 is 14.9 Å². The highest BCUT2D eigenvalue weighted by Gasteiger charge is 2.37. The number of nitriles is 1. The number of aromatic amines is 1. The summed E-state index contributed by atoms with van der Waals surface area (Å²) in [6.45, 7) is 1.67. The summed E-state index contributed by atoms with van der Waals surface area (Å²) in [5.41, 5.74) is 9.48. The summed E-state index contributed by atoms with van der Waals surface area (Å²) >= 11 is 0. The highest BCUT2D eigenvalue weighted by Crippen LogP contribution is 2.46. The molecule has 5 rings (SSSR count). The summed E-state index contributed by atoms with van der Waals surface area (Å²) in [5.74, 6) is 0.435. The summed E-state index contributed by atoms with van der Waals surface area (Å²) in [6.07, 6.45) is 0. The van der Waals surface area contributed by atoms with Crippen LogP contribution >= 0.6 is 0 Å². The van der Waals surface area contributed by atoms with Crippen LogP contribution in [0.2, 0.25) is 0 Å². The van der Waals surface area contributed by atoms with Crippen LogP contribution in [0.3, 0.4) is 0 Å². The van der Waals surface area contributed by atoms with Gasteiger partial charge in [-0.25, -0.2) is 0 Å². The minimum absolute atomic E-state index is 0.00172. The van der Waals surface area contributed by atoms with Gasteiger partial charge in [0.25, 0.3) is 5.69 Å². The molecule has 0 saturated carbocycles. The molecule has 0 amide bonds. The minimum atomic E-state index is -0.666. The minimum Gasteiger partial charge on any atom is -0.460 e. The fourth-order valence-corrected chi connectivity index (χ4v) is 4.10. The number of furan rings is 1. The van der Waals surface area contributed by atoms with Gasteiger partial charge in [0.1, 0.15) is 23.2 Å². The number of hydrogen-bond acceptors (Lipinski definition) is 7. The van der Waals surface area contributed by atoms with Gasteiger partial charge in [0.2, 0.25) is 11.8 Å². The lowest BCUT2D eigenvalue weighted by atomic mass is 9.86. The van der Waals surface area contributed by atoms with Gasteiger partial charge in [-0.3, -0.25) is 15.2 Å². The molecule has 1 unspecified atom stereocenters. The largest absolute Gasteiger partial charge is 0.460 e. The first-order valence-electron chi connectivity index (χ1n) is 10.0. The maximum absolute atomic E-state index is 11.4. The van der Waals surface area contributed by atoms with E-state index >= 15 is 0 Å². The molecule has 9 heteroatoms. The van der Waals surface area contributed by atoms with Crippen molar-refractivity contribution in [2.45, 2.75) is 12.8 Å².